The molecule has 0 spiro atoms. The van der Waals surface area contributed by atoms with E-state index >= 15 is 0 Å². The molecule has 0 bridgehead atoms. The second-order valence-electron chi connectivity index (χ2n) is 13.3. The van der Waals surface area contributed by atoms with Crippen molar-refractivity contribution in [3.05, 3.63) is 57.6 Å². The van der Waals surface area contributed by atoms with Crippen LogP contribution in [-0.2, 0) is 50.0 Å². The average Bonchev–Trinajstić information content (AvgIpc) is 2.90. The van der Waals surface area contributed by atoms with E-state index in [2.05, 4.69) is 89.6 Å². The third kappa shape index (κ3) is 18.7. The van der Waals surface area contributed by atoms with Gasteiger partial charge in [0.1, 0.15) is 11.5 Å². The molecule has 2 aromatic carbocycles. The van der Waals surface area contributed by atoms with E-state index in [1.807, 2.05) is 12.4 Å². The number of aliphatic imine (C=N–C) groups is 2. The Balaban J connectivity index is 0. The van der Waals surface area contributed by atoms with Crippen LogP contribution >= 0.6 is 0 Å². The number of carbonyl (C=O) groups is 2. The molecule has 8 nitrogen and oxygen atoms in total. The summed E-state index contributed by atoms with van der Waals surface area (Å²) in [6, 6.07) is 8.44. The Labute approximate surface area is 287 Å². The van der Waals surface area contributed by atoms with Crippen molar-refractivity contribution >= 4 is 24.4 Å². The zero-order chi connectivity index (χ0) is 34.8. The molecule has 0 saturated heterocycles. The number of aliphatic carboxylic acids is 2. The van der Waals surface area contributed by atoms with E-state index in [1.165, 1.54) is 11.1 Å². The van der Waals surface area contributed by atoms with Gasteiger partial charge in [-0.25, -0.2) is 0 Å². The first kappa shape index (κ1) is 45.0. The Hall–Kier alpha value is -3.17. The monoisotopic (exact) mass is 683 g/mol. The van der Waals surface area contributed by atoms with Gasteiger partial charge in [0.2, 0.25) is 0 Å². The predicted octanol–water partition coefficient (Wildman–Crippen LogP) is 5.82. The summed E-state index contributed by atoms with van der Waals surface area (Å²) in [7, 11) is 0. The molecule has 1 radical (unpaired) electrons. The van der Waals surface area contributed by atoms with Crippen molar-refractivity contribution in [2.45, 2.75) is 125 Å². The Morgan fingerprint density at radius 2 is 0.978 bits per heavy atom. The second kappa shape index (κ2) is 22.4. The van der Waals surface area contributed by atoms with E-state index in [0.717, 1.165) is 81.0 Å². The van der Waals surface area contributed by atoms with Crippen LogP contribution in [-0.4, -0.2) is 47.7 Å². The van der Waals surface area contributed by atoms with Crippen LogP contribution in [0.1, 0.15) is 135 Å². The molecule has 0 unspecified atom stereocenters. The molecule has 46 heavy (non-hydrogen) atoms. The van der Waals surface area contributed by atoms with Crippen LogP contribution < -0.4 is 10.2 Å². The smallest absolute Gasteiger partial charge is 0.550 e. The molecule has 259 valence electrons. The first-order chi connectivity index (χ1) is 20.8. The second-order valence-corrected chi connectivity index (χ2v) is 13.3. The number of benzene rings is 2. The third-order valence-electron chi connectivity index (χ3n) is 6.69. The maximum Gasteiger partial charge on any atom is 2.00 e. The molecule has 0 aliphatic rings. The number of phenols is 2. The summed E-state index contributed by atoms with van der Waals surface area (Å²) in [6.07, 6.45) is 11.0. The molecule has 0 aliphatic heterocycles. The minimum atomic E-state index is -1.08. The van der Waals surface area contributed by atoms with Crippen LogP contribution in [0, 0.1) is 0 Å². The van der Waals surface area contributed by atoms with E-state index < -0.39 is 11.9 Å². The average molecular weight is 684 g/mol. The van der Waals surface area contributed by atoms with E-state index in [4.69, 9.17) is 19.8 Å². The van der Waals surface area contributed by atoms with Crippen molar-refractivity contribution < 1.29 is 46.8 Å². The fourth-order valence-electron chi connectivity index (χ4n) is 4.41. The van der Waals surface area contributed by atoms with Gasteiger partial charge in [0.25, 0.3) is 0 Å². The number of aromatic hydroxyl groups is 2. The van der Waals surface area contributed by atoms with Gasteiger partial charge in [-0.1, -0.05) is 80.4 Å². The van der Waals surface area contributed by atoms with E-state index in [-0.39, 0.29) is 27.6 Å². The standard InChI is InChI=1S/C33H50N2O2.2C2H4O2.Co/c1-9-11-14-24-18-26(30(36)28(20-24)32(3,4)5)22-34-16-13-17-35-23-27-19-25(15-12-10-2)21-29(31(27)37)33(6,7)8;2*1-2(3)4;/h18-23,36-37H,9-17H2,1-8H3;2*1H3,(H,3,4);/q;;;+2/p-2. The number of hydrogen-bond donors (Lipinski definition) is 2. The fourth-order valence-corrected chi connectivity index (χ4v) is 4.41. The fraction of sp³-hybridized carbons (Fsp3) is 0.568. The molecule has 0 saturated carbocycles. The Morgan fingerprint density at radius 1 is 0.674 bits per heavy atom. The summed E-state index contributed by atoms with van der Waals surface area (Å²) >= 11 is 0. The number of carbonyl (C=O) groups excluding carboxylic acids is 2. The van der Waals surface area contributed by atoms with Gasteiger partial charge in [-0.2, -0.15) is 0 Å². The molecule has 0 amide bonds. The van der Waals surface area contributed by atoms with Crippen LogP contribution in [0.3, 0.4) is 0 Å². The Bertz CT molecular complexity index is 1170. The number of carboxylic acid groups (broad SMARTS) is 2. The summed E-state index contributed by atoms with van der Waals surface area (Å²) in [4.78, 5) is 27.0. The van der Waals surface area contributed by atoms with Crippen molar-refractivity contribution in [1.29, 1.82) is 0 Å². The SMILES string of the molecule is CC(=O)[O-].CC(=O)[O-].CCCCc1cc(C=NCCCN=Cc2cc(CCCC)cc(C(C)(C)C)c2O)c(O)c(C(C)(C)C)c1.[Co+2]. The summed E-state index contributed by atoms with van der Waals surface area (Å²) in [5, 5.41) is 39.5. The number of aryl methyl sites for hydroxylation is 2. The van der Waals surface area contributed by atoms with Gasteiger partial charge in [-0.05, 0) is 80.0 Å². The van der Waals surface area contributed by atoms with Crippen LogP contribution in [0.4, 0.5) is 0 Å². The quantitative estimate of drug-likeness (QED) is 0.213. The van der Waals surface area contributed by atoms with Crippen molar-refractivity contribution in [2.75, 3.05) is 13.1 Å². The zero-order valence-electron chi connectivity index (χ0n) is 29.6. The minimum absolute atomic E-state index is 0. The number of unbranched alkanes of at least 4 members (excludes halogenated alkanes) is 2. The van der Waals surface area contributed by atoms with E-state index in [0.29, 0.717) is 24.6 Å². The number of hydrogen-bond acceptors (Lipinski definition) is 8. The first-order valence-corrected chi connectivity index (χ1v) is 15.9. The van der Waals surface area contributed by atoms with Crippen molar-refractivity contribution in [1.82, 2.24) is 0 Å². The topological polar surface area (TPSA) is 145 Å². The third-order valence-corrected chi connectivity index (χ3v) is 6.69. The van der Waals surface area contributed by atoms with E-state index in [1.54, 1.807) is 0 Å². The molecule has 0 atom stereocenters. The van der Waals surface area contributed by atoms with Gasteiger partial charge in [0.05, 0.1) is 0 Å². The summed E-state index contributed by atoms with van der Waals surface area (Å²) in [5.41, 5.74) is 5.80. The molecule has 2 rings (SSSR count). The molecule has 2 aromatic rings. The number of carboxylic acids is 2. The van der Waals surface area contributed by atoms with Crippen LogP contribution in [0.25, 0.3) is 0 Å². The molecule has 0 aliphatic carbocycles. The number of rotatable bonds is 12. The number of nitrogens with zero attached hydrogens (tertiary/aromatic N) is 2. The molecule has 2 N–H and O–H groups in total. The largest absolute Gasteiger partial charge is 2.00 e. The summed E-state index contributed by atoms with van der Waals surface area (Å²) in [5.74, 6) is -1.50. The maximum atomic E-state index is 10.9. The molecule has 9 heteroatoms. The van der Waals surface area contributed by atoms with Gasteiger partial charge in [0.15, 0.2) is 0 Å². The summed E-state index contributed by atoms with van der Waals surface area (Å²) in [6.45, 7) is 20.4. The van der Waals surface area contributed by atoms with Gasteiger partial charge in [-0.15, -0.1) is 0 Å². The van der Waals surface area contributed by atoms with Crippen molar-refractivity contribution in [3.63, 3.8) is 0 Å². The Morgan fingerprint density at radius 3 is 1.24 bits per heavy atom. The van der Waals surface area contributed by atoms with Crippen molar-refractivity contribution in [2.24, 2.45) is 9.98 Å². The van der Waals surface area contributed by atoms with Gasteiger partial charge in [-0.3, -0.25) is 9.98 Å². The number of phenolic OH excluding ortho intramolecular Hbond substituents is 2. The van der Waals surface area contributed by atoms with Gasteiger partial charge >= 0.3 is 16.8 Å². The predicted molar refractivity (Wildman–Crippen MR) is 182 cm³/mol. The minimum Gasteiger partial charge on any atom is -0.550 e. The van der Waals surface area contributed by atoms with Gasteiger partial charge < -0.3 is 30.0 Å². The maximum absolute atomic E-state index is 10.9. The van der Waals surface area contributed by atoms with Crippen LogP contribution in [0.2, 0.25) is 0 Å². The van der Waals surface area contributed by atoms with Crippen molar-refractivity contribution in [3.8, 4) is 11.5 Å². The van der Waals surface area contributed by atoms with Crippen LogP contribution in [0.15, 0.2) is 34.3 Å². The molecular formula is C37H56CoN2O6. The Kier molecular flexibility index (Phi) is 21.9. The molecule has 0 heterocycles. The molecular weight excluding hydrogens is 627 g/mol. The molecule has 0 fully saturated rings. The van der Waals surface area contributed by atoms with Gasteiger partial charge in [0, 0.05) is 59.7 Å². The zero-order valence-corrected chi connectivity index (χ0v) is 30.6. The first-order valence-electron chi connectivity index (χ1n) is 15.9. The summed E-state index contributed by atoms with van der Waals surface area (Å²) < 4.78 is 0. The molecule has 0 aromatic heterocycles. The van der Waals surface area contributed by atoms with E-state index in [9.17, 15) is 10.2 Å². The van der Waals surface area contributed by atoms with Crippen LogP contribution in [0.5, 0.6) is 11.5 Å². The normalized spacial score (nSPS) is 11.3.